The normalized spacial score (nSPS) is 20.5. The molecular weight excluding hydrogens is 284 g/mol. The monoisotopic (exact) mass is 300 g/mol. The van der Waals surface area contributed by atoms with Gasteiger partial charge < -0.3 is 14.6 Å². The molecule has 1 heterocycles. The van der Waals surface area contributed by atoms with Gasteiger partial charge in [-0.05, 0) is 36.5 Å². The summed E-state index contributed by atoms with van der Waals surface area (Å²) in [6.45, 7) is 1.40. The molecule has 1 aromatic rings. The zero-order valence-corrected chi connectivity index (χ0v) is 11.3. The molecule has 1 saturated heterocycles. The average molecular weight is 301 g/mol. The zero-order valence-electron chi connectivity index (χ0n) is 9.69. The highest BCUT2D eigenvalue weighted by Crippen LogP contribution is 2.22. The van der Waals surface area contributed by atoms with Crippen LogP contribution in [0.1, 0.15) is 30.4 Å². The van der Waals surface area contributed by atoms with Gasteiger partial charge in [0.15, 0.2) is 6.29 Å². The number of rotatable bonds is 4. The zero-order chi connectivity index (χ0) is 12.1. The second-order valence-corrected chi connectivity index (χ2v) is 5.05. The molecule has 0 amide bonds. The minimum absolute atomic E-state index is 0.0610. The second kappa shape index (κ2) is 6.50. The first-order chi connectivity index (χ1) is 8.29. The summed E-state index contributed by atoms with van der Waals surface area (Å²) in [5, 5.41) is 9.01. The number of hydrogen-bond donors (Lipinski definition) is 1. The van der Waals surface area contributed by atoms with Gasteiger partial charge in [0, 0.05) is 11.1 Å². The predicted octanol–water partition coefficient (Wildman–Crippen LogP) is 2.98. The Bertz CT molecular complexity index is 362. The molecule has 0 saturated carbocycles. The third-order valence-corrected chi connectivity index (χ3v) is 3.60. The summed E-state index contributed by atoms with van der Waals surface area (Å²) in [4.78, 5) is 0. The fraction of sp³-hybridized carbons (Fsp3) is 0.538. The van der Waals surface area contributed by atoms with Crippen LogP contribution in [0.4, 0.5) is 0 Å². The van der Waals surface area contributed by atoms with Crippen molar-refractivity contribution in [2.24, 2.45) is 0 Å². The number of hydrogen-bond acceptors (Lipinski definition) is 3. The highest BCUT2D eigenvalue weighted by molar-refractivity contribution is 9.10. The second-order valence-electron chi connectivity index (χ2n) is 4.19. The van der Waals surface area contributed by atoms with Crippen molar-refractivity contribution in [3.63, 3.8) is 0 Å². The van der Waals surface area contributed by atoms with Crippen LogP contribution in [0, 0.1) is 0 Å². The van der Waals surface area contributed by atoms with Crippen molar-refractivity contribution >= 4 is 15.9 Å². The van der Waals surface area contributed by atoms with Crippen molar-refractivity contribution in [2.75, 3.05) is 6.61 Å². The van der Waals surface area contributed by atoms with Crippen molar-refractivity contribution in [3.8, 4) is 0 Å². The maximum absolute atomic E-state index is 9.01. The average Bonchev–Trinajstić information content (AvgIpc) is 2.38. The lowest BCUT2D eigenvalue weighted by Crippen LogP contribution is -2.22. The van der Waals surface area contributed by atoms with Gasteiger partial charge in [-0.15, -0.1) is 0 Å². The van der Waals surface area contributed by atoms with Gasteiger partial charge in [-0.3, -0.25) is 0 Å². The number of halogens is 1. The van der Waals surface area contributed by atoms with E-state index in [0.29, 0.717) is 6.61 Å². The summed E-state index contributed by atoms with van der Waals surface area (Å²) in [6, 6.07) is 5.80. The molecule has 1 atom stereocenters. The lowest BCUT2D eigenvalue weighted by Gasteiger charge is -2.23. The molecule has 0 spiro atoms. The SMILES string of the molecule is OCc1ccc(COC2CCCCO2)c(Br)c1. The molecular formula is C13H17BrO3. The van der Waals surface area contributed by atoms with Crippen LogP contribution >= 0.6 is 15.9 Å². The van der Waals surface area contributed by atoms with Crippen LogP contribution in [0.5, 0.6) is 0 Å². The van der Waals surface area contributed by atoms with Crippen LogP contribution in [-0.2, 0) is 22.7 Å². The summed E-state index contributed by atoms with van der Waals surface area (Å²) in [5.74, 6) is 0. The van der Waals surface area contributed by atoms with Gasteiger partial charge in [0.1, 0.15) is 0 Å². The third-order valence-electron chi connectivity index (χ3n) is 2.86. The van der Waals surface area contributed by atoms with Crippen molar-refractivity contribution in [2.45, 2.75) is 38.8 Å². The van der Waals surface area contributed by atoms with Crippen molar-refractivity contribution in [1.82, 2.24) is 0 Å². The van der Waals surface area contributed by atoms with E-state index in [0.717, 1.165) is 35.0 Å². The molecule has 1 aliphatic rings. The van der Waals surface area contributed by atoms with E-state index in [1.807, 2.05) is 18.2 Å². The summed E-state index contributed by atoms with van der Waals surface area (Å²) >= 11 is 3.48. The Labute approximate surface area is 110 Å². The number of ether oxygens (including phenoxy) is 2. The summed E-state index contributed by atoms with van der Waals surface area (Å²) in [7, 11) is 0. The van der Waals surface area contributed by atoms with E-state index in [4.69, 9.17) is 14.6 Å². The first-order valence-corrected chi connectivity index (χ1v) is 6.70. The van der Waals surface area contributed by atoms with Gasteiger partial charge in [-0.1, -0.05) is 28.1 Å². The molecule has 0 aromatic heterocycles. The van der Waals surface area contributed by atoms with E-state index >= 15 is 0 Å². The number of aliphatic hydroxyl groups is 1. The largest absolute Gasteiger partial charge is 0.392 e. The van der Waals surface area contributed by atoms with E-state index in [1.54, 1.807) is 0 Å². The molecule has 1 N–H and O–H groups in total. The molecule has 17 heavy (non-hydrogen) atoms. The molecule has 94 valence electrons. The van der Waals surface area contributed by atoms with Crippen LogP contribution in [0.3, 0.4) is 0 Å². The van der Waals surface area contributed by atoms with Crippen LogP contribution in [0.2, 0.25) is 0 Å². The molecule has 1 unspecified atom stereocenters. The van der Waals surface area contributed by atoms with E-state index in [2.05, 4.69) is 15.9 Å². The Morgan fingerprint density at radius 1 is 1.41 bits per heavy atom. The van der Waals surface area contributed by atoms with Gasteiger partial charge in [0.05, 0.1) is 13.2 Å². The van der Waals surface area contributed by atoms with E-state index in [-0.39, 0.29) is 12.9 Å². The van der Waals surface area contributed by atoms with Crippen molar-refractivity contribution in [1.29, 1.82) is 0 Å². The van der Waals surface area contributed by atoms with E-state index in [9.17, 15) is 0 Å². The van der Waals surface area contributed by atoms with Gasteiger partial charge in [0.25, 0.3) is 0 Å². The molecule has 1 aliphatic heterocycles. The third kappa shape index (κ3) is 3.78. The van der Waals surface area contributed by atoms with Gasteiger partial charge in [-0.25, -0.2) is 0 Å². The molecule has 4 heteroatoms. The Morgan fingerprint density at radius 2 is 2.29 bits per heavy atom. The molecule has 1 fully saturated rings. The number of benzene rings is 1. The van der Waals surface area contributed by atoms with Gasteiger partial charge in [-0.2, -0.15) is 0 Å². The highest BCUT2D eigenvalue weighted by Gasteiger charge is 2.14. The number of aliphatic hydroxyl groups excluding tert-OH is 1. The maximum Gasteiger partial charge on any atom is 0.158 e. The van der Waals surface area contributed by atoms with Crippen LogP contribution in [0.15, 0.2) is 22.7 Å². The Hall–Kier alpha value is -0.420. The smallest absolute Gasteiger partial charge is 0.158 e. The maximum atomic E-state index is 9.01. The molecule has 3 nitrogen and oxygen atoms in total. The molecule has 2 rings (SSSR count). The van der Waals surface area contributed by atoms with Crippen LogP contribution in [0.25, 0.3) is 0 Å². The fourth-order valence-electron chi connectivity index (χ4n) is 1.83. The van der Waals surface area contributed by atoms with Crippen molar-refractivity contribution in [3.05, 3.63) is 33.8 Å². The van der Waals surface area contributed by atoms with E-state index in [1.165, 1.54) is 6.42 Å². The summed E-state index contributed by atoms with van der Waals surface area (Å²) in [5.41, 5.74) is 1.98. The molecule has 0 radical (unpaired) electrons. The summed E-state index contributed by atoms with van der Waals surface area (Å²) in [6.07, 6.45) is 3.23. The lowest BCUT2D eigenvalue weighted by molar-refractivity contribution is -0.169. The Morgan fingerprint density at radius 3 is 2.94 bits per heavy atom. The molecule has 0 aliphatic carbocycles. The topological polar surface area (TPSA) is 38.7 Å². The predicted molar refractivity (Wildman–Crippen MR) is 68.4 cm³/mol. The Balaban J connectivity index is 1.89. The fourth-order valence-corrected chi connectivity index (χ4v) is 2.37. The Kier molecular flexibility index (Phi) is 4.98. The van der Waals surface area contributed by atoms with Crippen molar-refractivity contribution < 1.29 is 14.6 Å². The van der Waals surface area contributed by atoms with E-state index < -0.39 is 0 Å². The minimum Gasteiger partial charge on any atom is -0.392 e. The first kappa shape index (κ1) is 13.0. The summed E-state index contributed by atoms with van der Waals surface area (Å²) < 4.78 is 12.2. The first-order valence-electron chi connectivity index (χ1n) is 5.91. The molecule has 1 aromatic carbocycles. The highest BCUT2D eigenvalue weighted by atomic mass is 79.9. The van der Waals surface area contributed by atoms with Crippen LogP contribution in [-0.4, -0.2) is 18.0 Å². The lowest BCUT2D eigenvalue weighted by atomic mass is 10.1. The van der Waals surface area contributed by atoms with Crippen LogP contribution < -0.4 is 0 Å². The van der Waals surface area contributed by atoms with Gasteiger partial charge in [0.2, 0.25) is 0 Å². The standard InChI is InChI=1S/C13H17BrO3/c14-12-7-10(8-15)4-5-11(12)9-17-13-3-1-2-6-16-13/h4-5,7,13,15H,1-3,6,8-9H2. The quantitative estimate of drug-likeness (QED) is 0.929. The molecule has 0 bridgehead atoms. The van der Waals surface area contributed by atoms with Gasteiger partial charge >= 0.3 is 0 Å². The minimum atomic E-state index is -0.0619.